The molecule has 4 fully saturated rings. The zero-order valence-electron chi connectivity index (χ0n) is 17.0. The number of carbonyl (C=O) groups is 2. The summed E-state index contributed by atoms with van der Waals surface area (Å²) in [5.74, 6) is 2.83. The predicted octanol–water partition coefficient (Wildman–Crippen LogP) is 4.07. The van der Waals surface area contributed by atoms with E-state index in [-0.39, 0.29) is 29.2 Å². The molecular formula is C23H34N2O2. The second kappa shape index (κ2) is 5.84. The van der Waals surface area contributed by atoms with Gasteiger partial charge in [-0.15, -0.1) is 0 Å². The van der Waals surface area contributed by atoms with E-state index in [9.17, 15) is 9.59 Å². The maximum Gasteiger partial charge on any atom is 0.264 e. The van der Waals surface area contributed by atoms with Crippen molar-refractivity contribution < 1.29 is 9.59 Å². The molecule has 4 nitrogen and oxygen atoms in total. The molecule has 4 heteroatoms. The summed E-state index contributed by atoms with van der Waals surface area (Å²) in [4.78, 5) is 25.2. The SMILES string of the molecule is CC1CC1C(=O)NN1C(=O)C=C[C@@]2(C)C1CC[C@@H]1[C@H]2CC[C@]2(C)CCC[C@@H]12. The van der Waals surface area contributed by atoms with Crippen molar-refractivity contribution in [1.29, 1.82) is 0 Å². The van der Waals surface area contributed by atoms with Crippen molar-refractivity contribution in [2.45, 2.75) is 78.2 Å². The summed E-state index contributed by atoms with van der Waals surface area (Å²) in [5.41, 5.74) is 3.57. The van der Waals surface area contributed by atoms with E-state index in [2.05, 4.69) is 32.3 Å². The number of hydrogen-bond donors (Lipinski definition) is 1. The van der Waals surface area contributed by atoms with Gasteiger partial charge in [-0.1, -0.05) is 33.3 Å². The third-order valence-electron chi connectivity index (χ3n) is 9.32. The maximum atomic E-state index is 12.7. The first-order valence-corrected chi connectivity index (χ1v) is 11.2. The second-order valence-electron chi connectivity index (χ2n) is 10.8. The van der Waals surface area contributed by atoms with Crippen molar-refractivity contribution in [3.05, 3.63) is 12.2 Å². The van der Waals surface area contributed by atoms with Crippen LogP contribution in [0.1, 0.15) is 72.1 Å². The summed E-state index contributed by atoms with van der Waals surface area (Å²) in [6, 6.07) is 0.111. The molecule has 0 radical (unpaired) electrons. The number of nitrogens with zero attached hydrogens (tertiary/aromatic N) is 1. The Morgan fingerprint density at radius 3 is 2.67 bits per heavy atom. The Morgan fingerprint density at radius 2 is 1.93 bits per heavy atom. The van der Waals surface area contributed by atoms with Crippen LogP contribution in [0.5, 0.6) is 0 Å². The summed E-state index contributed by atoms with van der Waals surface area (Å²) < 4.78 is 0. The van der Waals surface area contributed by atoms with Crippen molar-refractivity contribution in [1.82, 2.24) is 10.4 Å². The van der Waals surface area contributed by atoms with Gasteiger partial charge in [-0.2, -0.15) is 0 Å². The molecule has 0 aromatic rings. The molecule has 3 unspecified atom stereocenters. The summed E-state index contributed by atoms with van der Waals surface area (Å²) in [7, 11) is 0. The van der Waals surface area contributed by atoms with Crippen LogP contribution in [0.25, 0.3) is 0 Å². The van der Waals surface area contributed by atoms with E-state index < -0.39 is 0 Å². The Labute approximate surface area is 163 Å². The van der Waals surface area contributed by atoms with Gasteiger partial charge in [0.2, 0.25) is 5.91 Å². The molecule has 0 aromatic heterocycles. The van der Waals surface area contributed by atoms with Gasteiger partial charge in [0.15, 0.2) is 0 Å². The molecule has 2 amide bonds. The molecule has 0 spiro atoms. The standard InChI is InChI=1S/C23H34N2O2/c1-14-13-16(14)21(27)24-25-19-7-6-15-17-5-4-10-22(17,2)11-8-18(15)23(19,3)12-9-20(25)26/h9,12,14-19H,4-8,10-11,13H2,1-3H3,(H,24,27)/t14?,15-,16?,17-,18+,19?,22-,23+/m0/s1. The Bertz CT molecular complexity index is 702. The quantitative estimate of drug-likeness (QED) is 0.796. The molecule has 8 atom stereocenters. The summed E-state index contributed by atoms with van der Waals surface area (Å²) in [5, 5.41) is 1.71. The minimum atomic E-state index is -0.0425. The van der Waals surface area contributed by atoms with Gasteiger partial charge in [-0.3, -0.25) is 15.0 Å². The van der Waals surface area contributed by atoms with Crippen molar-refractivity contribution >= 4 is 11.8 Å². The smallest absolute Gasteiger partial charge is 0.264 e. The van der Waals surface area contributed by atoms with Gasteiger partial charge in [0.1, 0.15) is 0 Å². The van der Waals surface area contributed by atoms with Crippen LogP contribution in [0, 0.1) is 40.4 Å². The van der Waals surface area contributed by atoms with E-state index in [1.54, 1.807) is 11.1 Å². The lowest BCUT2D eigenvalue weighted by Gasteiger charge is -2.59. The maximum absolute atomic E-state index is 12.7. The van der Waals surface area contributed by atoms with Crippen molar-refractivity contribution in [2.75, 3.05) is 0 Å². The molecule has 5 aliphatic rings. The molecule has 5 rings (SSSR count). The Morgan fingerprint density at radius 1 is 1.15 bits per heavy atom. The Kier molecular flexibility index (Phi) is 3.84. The highest BCUT2D eigenvalue weighted by Gasteiger charge is 2.59. The average Bonchev–Trinajstić information content (AvgIpc) is 3.22. The van der Waals surface area contributed by atoms with Gasteiger partial charge in [0, 0.05) is 17.4 Å². The number of carbonyl (C=O) groups excluding carboxylic acids is 2. The van der Waals surface area contributed by atoms with Crippen molar-refractivity contribution in [3.63, 3.8) is 0 Å². The van der Waals surface area contributed by atoms with E-state index in [0.717, 1.165) is 24.7 Å². The van der Waals surface area contributed by atoms with Crippen LogP contribution in [0.15, 0.2) is 12.2 Å². The summed E-state index contributed by atoms with van der Waals surface area (Å²) >= 11 is 0. The molecular weight excluding hydrogens is 336 g/mol. The number of hydrazine groups is 1. The van der Waals surface area contributed by atoms with E-state index in [0.29, 0.717) is 17.3 Å². The second-order valence-corrected chi connectivity index (χ2v) is 10.8. The highest BCUT2D eigenvalue weighted by atomic mass is 16.2. The first-order chi connectivity index (χ1) is 12.8. The van der Waals surface area contributed by atoms with E-state index >= 15 is 0 Å². The van der Waals surface area contributed by atoms with Crippen LogP contribution in [-0.4, -0.2) is 22.9 Å². The molecule has 4 saturated carbocycles. The molecule has 0 aromatic carbocycles. The predicted molar refractivity (Wildman–Crippen MR) is 104 cm³/mol. The fraction of sp³-hybridized carbons (Fsp3) is 0.826. The largest absolute Gasteiger partial charge is 0.273 e. The van der Waals surface area contributed by atoms with Gasteiger partial charge < -0.3 is 0 Å². The first kappa shape index (κ1) is 17.8. The van der Waals surface area contributed by atoms with Gasteiger partial charge >= 0.3 is 0 Å². The van der Waals surface area contributed by atoms with Crippen LogP contribution >= 0.6 is 0 Å². The normalized spacial score (nSPS) is 50.6. The molecule has 148 valence electrons. The molecule has 0 bridgehead atoms. The minimum Gasteiger partial charge on any atom is -0.273 e. The third kappa shape index (κ3) is 2.54. The van der Waals surface area contributed by atoms with Crippen LogP contribution < -0.4 is 5.43 Å². The van der Waals surface area contributed by atoms with Gasteiger partial charge in [-0.25, -0.2) is 5.01 Å². The third-order valence-corrected chi connectivity index (χ3v) is 9.32. The van der Waals surface area contributed by atoms with Crippen LogP contribution in [0.4, 0.5) is 0 Å². The van der Waals surface area contributed by atoms with Gasteiger partial charge in [0.25, 0.3) is 5.91 Å². The number of nitrogens with one attached hydrogen (secondary N) is 1. The van der Waals surface area contributed by atoms with E-state index in [4.69, 9.17) is 0 Å². The van der Waals surface area contributed by atoms with E-state index in [1.165, 1.54) is 38.5 Å². The van der Waals surface area contributed by atoms with Gasteiger partial charge in [-0.05, 0) is 74.0 Å². The van der Waals surface area contributed by atoms with Crippen LogP contribution in [-0.2, 0) is 9.59 Å². The number of hydrogen-bond acceptors (Lipinski definition) is 2. The highest BCUT2D eigenvalue weighted by molar-refractivity contribution is 5.92. The Balaban J connectivity index is 1.41. The molecule has 4 aliphatic carbocycles. The zero-order chi connectivity index (χ0) is 19.0. The average molecular weight is 371 g/mol. The monoisotopic (exact) mass is 370 g/mol. The van der Waals surface area contributed by atoms with Crippen LogP contribution in [0.2, 0.25) is 0 Å². The molecule has 0 saturated heterocycles. The highest BCUT2D eigenvalue weighted by Crippen LogP contribution is 2.63. The molecule has 1 aliphatic heterocycles. The van der Waals surface area contributed by atoms with Crippen LogP contribution in [0.3, 0.4) is 0 Å². The number of rotatable bonds is 2. The molecule has 27 heavy (non-hydrogen) atoms. The lowest BCUT2D eigenvalue weighted by atomic mass is 9.48. The zero-order valence-corrected chi connectivity index (χ0v) is 17.0. The minimum absolute atomic E-state index is 0.0107. The Hall–Kier alpha value is -1.32. The summed E-state index contributed by atoms with van der Waals surface area (Å²) in [6.07, 6.45) is 13.9. The topological polar surface area (TPSA) is 49.4 Å². The summed E-state index contributed by atoms with van der Waals surface area (Å²) in [6.45, 7) is 6.99. The first-order valence-electron chi connectivity index (χ1n) is 11.2. The number of amides is 2. The fourth-order valence-electron chi connectivity index (χ4n) is 7.51. The van der Waals surface area contributed by atoms with Crippen molar-refractivity contribution in [3.8, 4) is 0 Å². The lowest BCUT2D eigenvalue weighted by Crippen LogP contribution is -2.64. The molecule has 1 heterocycles. The molecule has 1 N–H and O–H groups in total. The van der Waals surface area contributed by atoms with Gasteiger partial charge in [0.05, 0.1) is 6.04 Å². The lowest BCUT2D eigenvalue weighted by molar-refractivity contribution is -0.154. The van der Waals surface area contributed by atoms with E-state index in [1.807, 2.05) is 0 Å². The number of fused-ring (bicyclic) bond motifs is 5. The van der Waals surface area contributed by atoms with Crippen molar-refractivity contribution in [2.24, 2.45) is 40.4 Å². The fourth-order valence-corrected chi connectivity index (χ4v) is 7.51.